The Kier molecular flexibility index (Phi) is 6.29. The van der Waals surface area contributed by atoms with E-state index in [4.69, 9.17) is 9.47 Å². The van der Waals surface area contributed by atoms with Crippen LogP contribution in [0.2, 0.25) is 0 Å². The van der Waals surface area contributed by atoms with Gasteiger partial charge in [0, 0.05) is 32.0 Å². The number of ether oxygens (including phenoxy) is 2. The molecule has 0 aromatic heterocycles. The number of rotatable bonds is 4. The number of nitrogens with zero attached hydrogens (tertiary/aromatic N) is 2. The molecule has 3 aliphatic rings. The van der Waals surface area contributed by atoms with Crippen LogP contribution in [0.5, 0.6) is 11.5 Å². The fraction of sp³-hybridized carbons (Fsp3) is 0.480. The third kappa shape index (κ3) is 4.46. The number of hydrogen-bond acceptors (Lipinski definition) is 5. The molecule has 2 aromatic rings. The van der Waals surface area contributed by atoms with Gasteiger partial charge in [-0.25, -0.2) is 8.42 Å². The van der Waals surface area contributed by atoms with E-state index in [-0.39, 0.29) is 17.9 Å². The third-order valence-corrected chi connectivity index (χ3v) is 8.79. The number of likely N-dealkylation sites (tertiary alicyclic amines) is 1. The lowest BCUT2D eigenvalue weighted by Gasteiger charge is -2.34. The average molecular weight is 471 g/mol. The summed E-state index contributed by atoms with van der Waals surface area (Å²) < 4.78 is 38.9. The van der Waals surface area contributed by atoms with Crippen molar-refractivity contribution in [1.82, 2.24) is 9.21 Å². The van der Waals surface area contributed by atoms with Crippen LogP contribution in [0.15, 0.2) is 53.4 Å². The number of hydrogen-bond donors (Lipinski definition) is 0. The summed E-state index contributed by atoms with van der Waals surface area (Å²) in [5.74, 6) is 1.51. The molecule has 0 saturated carbocycles. The van der Waals surface area contributed by atoms with E-state index in [1.54, 1.807) is 30.3 Å². The van der Waals surface area contributed by atoms with E-state index in [9.17, 15) is 13.2 Å². The Bertz CT molecular complexity index is 1100. The zero-order valence-corrected chi connectivity index (χ0v) is 19.5. The molecular weight excluding hydrogens is 440 g/mol. The normalized spacial score (nSPS) is 22.2. The minimum atomic E-state index is -3.51. The molecule has 1 atom stereocenters. The molecular formula is C25H30N2O5S. The molecule has 5 rings (SSSR count). The maximum Gasteiger partial charge on any atom is 0.243 e. The molecule has 2 aromatic carbocycles. The lowest BCUT2D eigenvalue weighted by atomic mass is 9.95. The van der Waals surface area contributed by atoms with Gasteiger partial charge in [-0.05, 0) is 55.5 Å². The van der Waals surface area contributed by atoms with Gasteiger partial charge in [0.1, 0.15) is 0 Å². The first-order valence-electron chi connectivity index (χ1n) is 11.8. The smallest absolute Gasteiger partial charge is 0.243 e. The monoisotopic (exact) mass is 470 g/mol. The van der Waals surface area contributed by atoms with E-state index in [0.717, 1.165) is 42.9 Å². The van der Waals surface area contributed by atoms with Gasteiger partial charge in [-0.2, -0.15) is 4.31 Å². The maximum absolute atomic E-state index is 13.5. The molecule has 8 heteroatoms. The number of sulfonamides is 1. The van der Waals surface area contributed by atoms with Gasteiger partial charge in [-0.15, -0.1) is 0 Å². The zero-order chi connectivity index (χ0) is 22.8. The summed E-state index contributed by atoms with van der Waals surface area (Å²) in [5, 5.41) is 0. The maximum atomic E-state index is 13.5. The first kappa shape index (κ1) is 22.2. The highest BCUT2D eigenvalue weighted by atomic mass is 32.2. The van der Waals surface area contributed by atoms with E-state index in [0.29, 0.717) is 44.0 Å². The van der Waals surface area contributed by atoms with Crippen molar-refractivity contribution in [3.8, 4) is 11.5 Å². The highest BCUT2D eigenvalue weighted by Gasteiger charge is 2.38. The van der Waals surface area contributed by atoms with Gasteiger partial charge in [0.05, 0.1) is 24.2 Å². The SMILES string of the molecule is O=C(C1CCN(S(=O)(=O)c2ccccc2)CC1)N1CCC[C@@H]1c1ccc2c(c1)OCCCO2. The predicted molar refractivity (Wildman–Crippen MR) is 124 cm³/mol. The molecule has 0 radical (unpaired) electrons. The number of piperidine rings is 1. The minimum absolute atomic E-state index is 0.0285. The molecule has 1 amide bonds. The summed E-state index contributed by atoms with van der Waals surface area (Å²) in [4.78, 5) is 15.8. The number of fused-ring (bicyclic) bond motifs is 1. The van der Waals surface area contributed by atoms with Gasteiger partial charge >= 0.3 is 0 Å². The molecule has 0 spiro atoms. The van der Waals surface area contributed by atoms with Gasteiger partial charge in [0.15, 0.2) is 11.5 Å². The Balaban J connectivity index is 1.26. The van der Waals surface area contributed by atoms with Crippen molar-refractivity contribution in [2.24, 2.45) is 5.92 Å². The van der Waals surface area contributed by atoms with Crippen molar-refractivity contribution >= 4 is 15.9 Å². The Morgan fingerprint density at radius 1 is 0.848 bits per heavy atom. The van der Waals surface area contributed by atoms with Crippen LogP contribution < -0.4 is 9.47 Å². The summed E-state index contributed by atoms with van der Waals surface area (Å²) >= 11 is 0. The van der Waals surface area contributed by atoms with Crippen LogP contribution in [-0.2, 0) is 14.8 Å². The second-order valence-corrected chi connectivity index (χ2v) is 10.9. The molecule has 176 valence electrons. The van der Waals surface area contributed by atoms with Crippen molar-refractivity contribution in [2.45, 2.75) is 43.0 Å². The standard InChI is InChI=1S/C25H30N2O5S/c28-25(19-11-14-26(15-12-19)33(29,30)21-6-2-1-3-7-21)27-13-4-8-22(27)20-9-10-23-24(18-20)32-17-5-16-31-23/h1-3,6-7,9-10,18-19,22H,4-5,8,11-17H2/t22-/m1/s1. The molecule has 3 aliphatic heterocycles. The van der Waals surface area contributed by atoms with E-state index in [1.807, 2.05) is 23.1 Å². The molecule has 7 nitrogen and oxygen atoms in total. The predicted octanol–water partition coefficient (Wildman–Crippen LogP) is 3.61. The minimum Gasteiger partial charge on any atom is -0.490 e. The van der Waals surface area contributed by atoms with E-state index in [2.05, 4.69) is 0 Å². The van der Waals surface area contributed by atoms with Gasteiger partial charge in [-0.3, -0.25) is 4.79 Å². The Morgan fingerprint density at radius 2 is 1.58 bits per heavy atom. The highest BCUT2D eigenvalue weighted by Crippen LogP contribution is 2.39. The molecule has 0 N–H and O–H groups in total. The van der Waals surface area contributed by atoms with Crippen LogP contribution in [0, 0.1) is 5.92 Å². The van der Waals surface area contributed by atoms with Gasteiger partial charge in [0.25, 0.3) is 0 Å². The summed E-state index contributed by atoms with van der Waals surface area (Å²) in [6, 6.07) is 14.6. The lowest BCUT2D eigenvalue weighted by Crippen LogP contribution is -2.44. The number of carbonyl (C=O) groups excluding carboxylic acids is 1. The first-order chi connectivity index (χ1) is 16.0. The Hall–Kier alpha value is -2.58. The van der Waals surface area contributed by atoms with Crippen LogP contribution in [0.1, 0.15) is 43.7 Å². The van der Waals surface area contributed by atoms with Crippen molar-refractivity contribution in [1.29, 1.82) is 0 Å². The van der Waals surface area contributed by atoms with Crippen LogP contribution >= 0.6 is 0 Å². The van der Waals surface area contributed by atoms with Gasteiger partial charge in [0.2, 0.25) is 15.9 Å². The van der Waals surface area contributed by atoms with Crippen molar-refractivity contribution in [3.05, 3.63) is 54.1 Å². The van der Waals surface area contributed by atoms with Crippen LogP contribution in [0.25, 0.3) is 0 Å². The third-order valence-electron chi connectivity index (χ3n) is 6.88. The summed E-state index contributed by atoms with van der Waals surface area (Å²) in [6.07, 6.45) is 3.85. The number of benzene rings is 2. The number of amides is 1. The fourth-order valence-electron chi connectivity index (χ4n) is 5.08. The molecule has 2 saturated heterocycles. The summed E-state index contributed by atoms with van der Waals surface area (Å²) in [6.45, 7) is 2.76. The molecule has 3 heterocycles. The highest BCUT2D eigenvalue weighted by molar-refractivity contribution is 7.89. The molecule has 0 bridgehead atoms. The second-order valence-electron chi connectivity index (χ2n) is 8.94. The summed E-state index contributed by atoms with van der Waals surface area (Å²) in [5.41, 5.74) is 1.08. The molecule has 33 heavy (non-hydrogen) atoms. The first-order valence-corrected chi connectivity index (χ1v) is 13.2. The van der Waals surface area contributed by atoms with E-state index in [1.165, 1.54) is 4.31 Å². The topological polar surface area (TPSA) is 76.2 Å². The zero-order valence-electron chi connectivity index (χ0n) is 18.7. The summed E-state index contributed by atoms with van der Waals surface area (Å²) in [7, 11) is -3.51. The second kappa shape index (κ2) is 9.35. The van der Waals surface area contributed by atoms with Crippen molar-refractivity contribution in [3.63, 3.8) is 0 Å². The van der Waals surface area contributed by atoms with Crippen molar-refractivity contribution in [2.75, 3.05) is 32.8 Å². The molecule has 0 aliphatic carbocycles. The number of carbonyl (C=O) groups is 1. The van der Waals surface area contributed by atoms with Gasteiger partial charge in [-0.1, -0.05) is 24.3 Å². The Labute approximate surface area is 195 Å². The lowest BCUT2D eigenvalue weighted by molar-refractivity contribution is -0.137. The quantitative estimate of drug-likeness (QED) is 0.682. The van der Waals surface area contributed by atoms with Crippen molar-refractivity contribution < 1.29 is 22.7 Å². The van der Waals surface area contributed by atoms with Crippen LogP contribution in [0.4, 0.5) is 0 Å². The molecule has 0 unspecified atom stereocenters. The average Bonchev–Trinajstić information content (AvgIpc) is 3.23. The van der Waals surface area contributed by atoms with E-state index >= 15 is 0 Å². The van der Waals surface area contributed by atoms with E-state index < -0.39 is 10.0 Å². The van der Waals surface area contributed by atoms with Crippen LogP contribution in [0.3, 0.4) is 0 Å². The van der Waals surface area contributed by atoms with Gasteiger partial charge < -0.3 is 14.4 Å². The Morgan fingerprint density at radius 3 is 2.33 bits per heavy atom. The fourth-order valence-corrected chi connectivity index (χ4v) is 6.57. The largest absolute Gasteiger partial charge is 0.490 e. The van der Waals surface area contributed by atoms with Crippen LogP contribution in [-0.4, -0.2) is 56.4 Å². The molecule has 2 fully saturated rings.